The molecular formula is C21H20N4O2S. The molecule has 1 aromatic heterocycles. The van der Waals surface area contributed by atoms with Crippen molar-refractivity contribution in [3.63, 3.8) is 0 Å². The predicted molar refractivity (Wildman–Crippen MR) is 112 cm³/mol. The second kappa shape index (κ2) is 6.91. The zero-order valence-corrected chi connectivity index (χ0v) is 16.1. The third kappa shape index (κ3) is 3.22. The molecule has 7 heteroatoms. The fourth-order valence-electron chi connectivity index (χ4n) is 3.76. The van der Waals surface area contributed by atoms with Crippen LogP contribution >= 0.6 is 11.3 Å². The molecule has 2 aromatic carbocycles. The number of hydrogen-bond donors (Lipinski definition) is 2. The average molecular weight is 392 g/mol. The SMILES string of the molecule is O=C1CCc2cc(C(=O)Nc3ccc4nc(N5CCCC5)sc4c3)ccc2N1. The third-order valence-electron chi connectivity index (χ3n) is 5.27. The van der Waals surface area contributed by atoms with Crippen LogP contribution < -0.4 is 15.5 Å². The van der Waals surface area contributed by atoms with Crippen molar-refractivity contribution in [3.8, 4) is 0 Å². The molecule has 0 aliphatic carbocycles. The van der Waals surface area contributed by atoms with Crippen LogP contribution in [0.15, 0.2) is 36.4 Å². The normalized spacial score (nSPS) is 16.1. The van der Waals surface area contributed by atoms with Crippen molar-refractivity contribution in [1.29, 1.82) is 0 Å². The highest BCUT2D eigenvalue weighted by Crippen LogP contribution is 2.32. The summed E-state index contributed by atoms with van der Waals surface area (Å²) in [7, 11) is 0. The first-order valence-corrected chi connectivity index (χ1v) is 10.4. The van der Waals surface area contributed by atoms with Crippen LogP contribution in [-0.2, 0) is 11.2 Å². The lowest BCUT2D eigenvalue weighted by atomic mass is 10.00. The molecule has 6 nitrogen and oxygen atoms in total. The van der Waals surface area contributed by atoms with Crippen LogP contribution in [0.4, 0.5) is 16.5 Å². The summed E-state index contributed by atoms with van der Waals surface area (Å²) in [6, 6.07) is 11.3. The first-order valence-electron chi connectivity index (χ1n) is 9.55. The van der Waals surface area contributed by atoms with E-state index in [0.717, 1.165) is 45.4 Å². The number of carbonyl (C=O) groups excluding carboxylic acids is 2. The Balaban J connectivity index is 1.36. The van der Waals surface area contributed by atoms with E-state index in [2.05, 4.69) is 15.5 Å². The number of nitrogens with zero attached hydrogens (tertiary/aromatic N) is 2. The van der Waals surface area contributed by atoms with Gasteiger partial charge in [0.1, 0.15) is 0 Å². The highest BCUT2D eigenvalue weighted by Gasteiger charge is 2.18. The molecule has 0 spiro atoms. The fourth-order valence-corrected chi connectivity index (χ4v) is 4.82. The molecule has 142 valence electrons. The lowest BCUT2D eigenvalue weighted by Crippen LogP contribution is -2.20. The van der Waals surface area contributed by atoms with Gasteiger partial charge in [-0.1, -0.05) is 11.3 Å². The number of aryl methyl sites for hydroxylation is 1. The maximum Gasteiger partial charge on any atom is 0.255 e. The van der Waals surface area contributed by atoms with Crippen molar-refractivity contribution in [1.82, 2.24) is 4.98 Å². The van der Waals surface area contributed by atoms with Crippen molar-refractivity contribution >= 4 is 49.9 Å². The van der Waals surface area contributed by atoms with E-state index in [0.29, 0.717) is 18.4 Å². The van der Waals surface area contributed by atoms with Crippen LogP contribution in [0.1, 0.15) is 35.2 Å². The minimum Gasteiger partial charge on any atom is -0.348 e. The topological polar surface area (TPSA) is 74.3 Å². The van der Waals surface area contributed by atoms with E-state index in [-0.39, 0.29) is 11.8 Å². The molecule has 5 rings (SSSR count). The monoisotopic (exact) mass is 392 g/mol. The van der Waals surface area contributed by atoms with E-state index in [9.17, 15) is 9.59 Å². The molecule has 0 atom stereocenters. The van der Waals surface area contributed by atoms with E-state index in [1.807, 2.05) is 24.3 Å². The Morgan fingerprint density at radius 1 is 1.11 bits per heavy atom. The van der Waals surface area contributed by atoms with Crippen LogP contribution in [0.25, 0.3) is 10.2 Å². The van der Waals surface area contributed by atoms with E-state index in [1.54, 1.807) is 23.5 Å². The molecule has 0 unspecified atom stereocenters. The van der Waals surface area contributed by atoms with Gasteiger partial charge in [-0.2, -0.15) is 0 Å². The minimum absolute atomic E-state index is 0.0239. The molecule has 0 radical (unpaired) electrons. The standard InChI is InChI=1S/C21H20N4O2S/c26-19-8-4-13-11-14(3-6-16(13)23-19)20(27)22-15-5-7-17-18(12-15)28-21(24-17)25-9-1-2-10-25/h3,5-7,11-12H,1-2,4,8-10H2,(H,22,27)(H,23,26). The first-order chi connectivity index (χ1) is 13.7. The molecule has 2 aliphatic rings. The molecule has 0 bridgehead atoms. The largest absolute Gasteiger partial charge is 0.348 e. The Hall–Kier alpha value is -2.93. The number of thiazole rings is 1. The van der Waals surface area contributed by atoms with Crippen molar-refractivity contribution in [2.24, 2.45) is 0 Å². The van der Waals surface area contributed by atoms with Crippen molar-refractivity contribution in [3.05, 3.63) is 47.5 Å². The number of fused-ring (bicyclic) bond motifs is 2. The van der Waals surface area contributed by atoms with Gasteiger partial charge in [-0.3, -0.25) is 9.59 Å². The summed E-state index contributed by atoms with van der Waals surface area (Å²) >= 11 is 1.67. The molecule has 1 fully saturated rings. The molecule has 28 heavy (non-hydrogen) atoms. The Labute approximate surface area is 166 Å². The molecule has 2 aliphatic heterocycles. The summed E-state index contributed by atoms with van der Waals surface area (Å²) in [6.45, 7) is 2.14. The molecule has 3 heterocycles. The van der Waals surface area contributed by atoms with Gasteiger partial charge in [-0.05, 0) is 61.2 Å². The summed E-state index contributed by atoms with van der Waals surface area (Å²) in [6.07, 6.45) is 3.57. The van der Waals surface area contributed by atoms with Gasteiger partial charge in [0.15, 0.2) is 5.13 Å². The van der Waals surface area contributed by atoms with E-state index >= 15 is 0 Å². The quantitative estimate of drug-likeness (QED) is 0.706. The van der Waals surface area contributed by atoms with Gasteiger partial charge >= 0.3 is 0 Å². The van der Waals surface area contributed by atoms with Gasteiger partial charge in [-0.25, -0.2) is 4.98 Å². The van der Waals surface area contributed by atoms with Crippen molar-refractivity contribution < 1.29 is 9.59 Å². The number of nitrogens with one attached hydrogen (secondary N) is 2. The molecular weight excluding hydrogens is 372 g/mol. The Kier molecular flexibility index (Phi) is 4.24. The van der Waals surface area contributed by atoms with E-state index < -0.39 is 0 Å². The smallest absolute Gasteiger partial charge is 0.255 e. The van der Waals surface area contributed by atoms with Crippen molar-refractivity contribution in [2.45, 2.75) is 25.7 Å². The maximum absolute atomic E-state index is 12.7. The van der Waals surface area contributed by atoms with E-state index in [4.69, 9.17) is 4.98 Å². The number of amides is 2. The van der Waals surface area contributed by atoms with Gasteiger partial charge in [0.2, 0.25) is 5.91 Å². The van der Waals surface area contributed by atoms with Crippen LogP contribution in [0.3, 0.4) is 0 Å². The lowest BCUT2D eigenvalue weighted by molar-refractivity contribution is -0.116. The molecule has 0 saturated carbocycles. The van der Waals surface area contributed by atoms with E-state index in [1.165, 1.54) is 12.8 Å². The zero-order valence-electron chi connectivity index (χ0n) is 15.3. The van der Waals surface area contributed by atoms with Gasteiger partial charge < -0.3 is 15.5 Å². The van der Waals surface area contributed by atoms with Gasteiger partial charge in [-0.15, -0.1) is 0 Å². The van der Waals surface area contributed by atoms with Crippen LogP contribution in [-0.4, -0.2) is 29.9 Å². The number of anilines is 3. The second-order valence-electron chi connectivity index (χ2n) is 7.25. The fraction of sp³-hybridized carbons (Fsp3) is 0.286. The third-order valence-corrected chi connectivity index (χ3v) is 6.35. The second-order valence-corrected chi connectivity index (χ2v) is 8.26. The molecule has 2 N–H and O–H groups in total. The number of carbonyl (C=O) groups is 2. The van der Waals surface area contributed by atoms with Gasteiger partial charge in [0.05, 0.1) is 10.2 Å². The first kappa shape index (κ1) is 17.2. The summed E-state index contributed by atoms with van der Waals surface area (Å²) in [5.74, 6) is -0.126. The number of rotatable bonds is 3. The minimum atomic E-state index is -0.150. The number of hydrogen-bond acceptors (Lipinski definition) is 5. The highest BCUT2D eigenvalue weighted by atomic mass is 32.1. The van der Waals surface area contributed by atoms with Gasteiger partial charge in [0, 0.05) is 36.4 Å². The zero-order chi connectivity index (χ0) is 19.1. The summed E-state index contributed by atoms with van der Waals surface area (Å²) < 4.78 is 1.08. The average Bonchev–Trinajstić information content (AvgIpc) is 3.36. The lowest BCUT2D eigenvalue weighted by Gasteiger charge is -2.17. The summed E-state index contributed by atoms with van der Waals surface area (Å²) in [5.41, 5.74) is 4.13. The Morgan fingerprint density at radius 2 is 1.96 bits per heavy atom. The van der Waals surface area contributed by atoms with Crippen LogP contribution in [0.2, 0.25) is 0 Å². The van der Waals surface area contributed by atoms with Gasteiger partial charge in [0.25, 0.3) is 5.91 Å². The molecule has 2 amide bonds. The number of benzene rings is 2. The Bertz CT molecular complexity index is 1090. The van der Waals surface area contributed by atoms with Crippen LogP contribution in [0.5, 0.6) is 0 Å². The predicted octanol–water partition coefficient (Wildman–Crippen LogP) is 4.03. The highest BCUT2D eigenvalue weighted by molar-refractivity contribution is 7.22. The Morgan fingerprint density at radius 3 is 2.82 bits per heavy atom. The molecule has 3 aromatic rings. The van der Waals surface area contributed by atoms with Crippen molar-refractivity contribution in [2.75, 3.05) is 28.6 Å². The summed E-state index contributed by atoms with van der Waals surface area (Å²) in [5, 5.41) is 6.89. The number of aromatic nitrogens is 1. The summed E-state index contributed by atoms with van der Waals surface area (Å²) in [4.78, 5) is 31.2. The molecule has 1 saturated heterocycles. The maximum atomic E-state index is 12.7. The van der Waals surface area contributed by atoms with Crippen LogP contribution in [0, 0.1) is 0 Å².